The molecule has 20 heavy (non-hydrogen) atoms. The average molecular weight is 338 g/mol. The second-order valence-corrected chi connectivity index (χ2v) is 8.62. The summed E-state index contributed by atoms with van der Waals surface area (Å²) in [5.74, 6) is 0.281. The highest BCUT2D eigenvalue weighted by molar-refractivity contribution is 8.13. The van der Waals surface area contributed by atoms with E-state index in [-0.39, 0.29) is 10.8 Å². The Morgan fingerprint density at radius 2 is 2.05 bits per heavy atom. The van der Waals surface area contributed by atoms with Gasteiger partial charge in [0.25, 0.3) is 15.0 Å². The minimum Gasteiger partial charge on any atom is -0.338 e. The molecule has 0 bridgehead atoms. The van der Waals surface area contributed by atoms with E-state index in [1.165, 1.54) is 17.4 Å². The Balaban J connectivity index is 3.02. The molecule has 0 radical (unpaired) electrons. The Morgan fingerprint density at radius 3 is 2.45 bits per heavy atom. The summed E-state index contributed by atoms with van der Waals surface area (Å²) >= 11 is 1.17. The minimum atomic E-state index is -3.79. The maximum Gasteiger partial charge on any atom is 0.263 e. The van der Waals surface area contributed by atoms with Gasteiger partial charge in [0, 0.05) is 28.6 Å². The monoisotopic (exact) mass is 337 g/mol. The first-order valence-corrected chi connectivity index (χ1v) is 9.67. The van der Waals surface area contributed by atoms with Gasteiger partial charge in [-0.1, -0.05) is 20.3 Å². The Labute approximate surface area is 129 Å². The maximum atomic E-state index is 12.4. The zero-order valence-corrected chi connectivity index (χ0v) is 14.5. The van der Waals surface area contributed by atoms with Crippen LogP contribution in [-0.2, 0) is 9.05 Å². The molecule has 4 nitrogen and oxygen atoms in total. The molecule has 1 aromatic rings. The van der Waals surface area contributed by atoms with Gasteiger partial charge in [-0.05, 0) is 25.8 Å². The van der Waals surface area contributed by atoms with E-state index in [4.69, 9.17) is 10.7 Å². The highest BCUT2D eigenvalue weighted by Crippen LogP contribution is 2.29. The highest BCUT2D eigenvalue weighted by Gasteiger charge is 2.23. The van der Waals surface area contributed by atoms with E-state index in [9.17, 15) is 13.2 Å². The Kier molecular flexibility index (Phi) is 6.04. The number of hydrogen-bond donors (Lipinski definition) is 0. The summed E-state index contributed by atoms with van der Waals surface area (Å²) in [7, 11) is 1.56. The van der Waals surface area contributed by atoms with E-state index in [0.717, 1.165) is 6.42 Å². The zero-order chi connectivity index (χ0) is 15.5. The van der Waals surface area contributed by atoms with Crippen LogP contribution in [0.1, 0.15) is 41.7 Å². The van der Waals surface area contributed by atoms with Crippen molar-refractivity contribution in [2.75, 3.05) is 13.1 Å². The molecule has 1 atom stereocenters. The molecule has 1 aromatic heterocycles. The molecule has 7 heteroatoms. The molecule has 1 rings (SSSR count). The van der Waals surface area contributed by atoms with Crippen molar-refractivity contribution < 1.29 is 13.2 Å². The van der Waals surface area contributed by atoms with Crippen molar-refractivity contribution >= 4 is 37.0 Å². The molecule has 1 heterocycles. The number of amides is 1. The van der Waals surface area contributed by atoms with E-state index >= 15 is 0 Å². The van der Waals surface area contributed by atoms with Crippen LogP contribution < -0.4 is 0 Å². The molecule has 0 saturated carbocycles. The third-order valence-corrected chi connectivity index (χ3v) is 5.86. The molecule has 0 aliphatic carbocycles. The molecule has 0 aromatic carbocycles. The molecule has 0 saturated heterocycles. The SMILES string of the molecule is CCC(C)CN(CC)C(=O)c1cc(S(=O)(=O)Cl)c(C)s1. The maximum absolute atomic E-state index is 12.4. The molecule has 0 aliphatic rings. The van der Waals surface area contributed by atoms with Crippen LogP contribution in [0.4, 0.5) is 0 Å². The van der Waals surface area contributed by atoms with Crippen molar-refractivity contribution in [3.63, 3.8) is 0 Å². The predicted octanol–water partition coefficient (Wildman–Crippen LogP) is 3.49. The van der Waals surface area contributed by atoms with Gasteiger partial charge < -0.3 is 4.90 Å². The molecule has 0 fully saturated rings. The van der Waals surface area contributed by atoms with E-state index in [2.05, 4.69) is 13.8 Å². The smallest absolute Gasteiger partial charge is 0.263 e. The lowest BCUT2D eigenvalue weighted by molar-refractivity contribution is 0.0745. The first kappa shape index (κ1) is 17.5. The van der Waals surface area contributed by atoms with Gasteiger partial charge in [0.2, 0.25) is 0 Å². The fourth-order valence-electron chi connectivity index (χ4n) is 1.83. The van der Waals surface area contributed by atoms with Crippen molar-refractivity contribution in [1.29, 1.82) is 0 Å². The molecular formula is C13H20ClNO3S2. The first-order chi connectivity index (χ1) is 9.20. The van der Waals surface area contributed by atoms with Crippen molar-refractivity contribution in [1.82, 2.24) is 4.90 Å². The molecule has 0 spiro atoms. The van der Waals surface area contributed by atoms with Crippen LogP contribution in [0, 0.1) is 12.8 Å². The fourth-order valence-corrected chi connectivity index (χ4v) is 4.46. The van der Waals surface area contributed by atoms with Gasteiger partial charge in [-0.2, -0.15) is 0 Å². The van der Waals surface area contributed by atoms with Crippen molar-refractivity contribution in [3.05, 3.63) is 15.8 Å². The Bertz CT molecular complexity index is 580. The average Bonchev–Trinajstić information content (AvgIpc) is 2.76. The van der Waals surface area contributed by atoms with Gasteiger partial charge >= 0.3 is 0 Å². The van der Waals surface area contributed by atoms with Gasteiger partial charge in [-0.3, -0.25) is 4.79 Å². The van der Waals surface area contributed by atoms with Crippen LogP contribution in [0.2, 0.25) is 0 Å². The van der Waals surface area contributed by atoms with Crippen LogP contribution in [-0.4, -0.2) is 32.3 Å². The molecular weight excluding hydrogens is 318 g/mol. The number of aryl methyl sites for hydroxylation is 1. The van der Waals surface area contributed by atoms with E-state index in [1.807, 2.05) is 6.92 Å². The third kappa shape index (κ3) is 4.20. The Morgan fingerprint density at radius 1 is 1.45 bits per heavy atom. The molecule has 1 amide bonds. The standard InChI is InChI=1S/C13H20ClNO3S2/c1-5-9(3)8-15(6-2)13(16)11-7-12(10(4)19-11)20(14,17)18/h7,9H,5-6,8H2,1-4H3. The predicted molar refractivity (Wildman–Crippen MR) is 83.1 cm³/mol. The summed E-state index contributed by atoms with van der Waals surface area (Å²) in [6.07, 6.45) is 0.995. The van der Waals surface area contributed by atoms with Gasteiger partial charge in [0.05, 0.1) is 9.77 Å². The molecule has 114 valence electrons. The van der Waals surface area contributed by atoms with Crippen molar-refractivity contribution in [2.45, 2.75) is 39.0 Å². The van der Waals surface area contributed by atoms with Crippen LogP contribution in [0.25, 0.3) is 0 Å². The lowest BCUT2D eigenvalue weighted by atomic mass is 10.1. The van der Waals surface area contributed by atoms with Gasteiger partial charge in [0.15, 0.2) is 0 Å². The minimum absolute atomic E-state index is 0.0344. The topological polar surface area (TPSA) is 54.5 Å². The second kappa shape index (κ2) is 6.91. The van der Waals surface area contributed by atoms with Gasteiger partial charge in [0.1, 0.15) is 0 Å². The summed E-state index contributed by atoms with van der Waals surface area (Å²) in [6, 6.07) is 1.38. The second-order valence-electron chi connectivity index (χ2n) is 4.83. The number of rotatable bonds is 6. The Hall–Kier alpha value is -0.590. The summed E-state index contributed by atoms with van der Waals surface area (Å²) in [6.45, 7) is 9.01. The van der Waals surface area contributed by atoms with Crippen LogP contribution in [0.5, 0.6) is 0 Å². The number of carbonyl (C=O) groups is 1. The van der Waals surface area contributed by atoms with Crippen LogP contribution in [0.15, 0.2) is 11.0 Å². The van der Waals surface area contributed by atoms with Gasteiger partial charge in [-0.15, -0.1) is 11.3 Å². The number of halogens is 1. The number of nitrogens with zero attached hydrogens (tertiary/aromatic N) is 1. The van der Waals surface area contributed by atoms with E-state index in [0.29, 0.717) is 28.8 Å². The first-order valence-electron chi connectivity index (χ1n) is 6.55. The highest BCUT2D eigenvalue weighted by atomic mass is 35.7. The quantitative estimate of drug-likeness (QED) is 0.746. The summed E-state index contributed by atoms with van der Waals surface area (Å²) in [5, 5.41) is 0. The molecule has 1 unspecified atom stereocenters. The van der Waals surface area contributed by atoms with Crippen molar-refractivity contribution in [2.24, 2.45) is 5.92 Å². The normalized spacial score (nSPS) is 13.2. The summed E-state index contributed by atoms with van der Waals surface area (Å²) in [4.78, 5) is 15.2. The lowest BCUT2D eigenvalue weighted by Gasteiger charge is -2.23. The summed E-state index contributed by atoms with van der Waals surface area (Å²) in [5.41, 5.74) is 0. The number of hydrogen-bond acceptors (Lipinski definition) is 4. The largest absolute Gasteiger partial charge is 0.338 e. The van der Waals surface area contributed by atoms with Crippen LogP contribution in [0.3, 0.4) is 0 Å². The van der Waals surface area contributed by atoms with E-state index < -0.39 is 9.05 Å². The molecule has 0 aliphatic heterocycles. The number of thiophene rings is 1. The molecule has 0 N–H and O–H groups in total. The van der Waals surface area contributed by atoms with Crippen LogP contribution >= 0.6 is 22.0 Å². The van der Waals surface area contributed by atoms with Crippen molar-refractivity contribution in [3.8, 4) is 0 Å². The fraction of sp³-hybridized carbons (Fsp3) is 0.615. The third-order valence-electron chi connectivity index (χ3n) is 3.24. The summed E-state index contributed by atoms with van der Waals surface area (Å²) < 4.78 is 22.8. The lowest BCUT2D eigenvalue weighted by Crippen LogP contribution is -2.34. The zero-order valence-electron chi connectivity index (χ0n) is 12.1. The number of carbonyl (C=O) groups excluding carboxylic acids is 1. The van der Waals surface area contributed by atoms with Gasteiger partial charge in [-0.25, -0.2) is 8.42 Å². The van der Waals surface area contributed by atoms with E-state index in [1.54, 1.807) is 11.8 Å².